The van der Waals surface area contributed by atoms with Crippen LogP contribution in [0.4, 0.5) is 0 Å². The summed E-state index contributed by atoms with van der Waals surface area (Å²) in [4.78, 5) is 7.78. The Bertz CT molecular complexity index is 233. The van der Waals surface area contributed by atoms with Crippen LogP contribution in [0.1, 0.15) is 13.8 Å². The second-order valence-corrected chi connectivity index (χ2v) is 2.57. The molecule has 0 aliphatic rings. The summed E-state index contributed by atoms with van der Waals surface area (Å²) in [6, 6.07) is 0.353. The number of aromatic nitrogens is 2. The lowest BCUT2D eigenvalue weighted by Gasteiger charge is -2.07. The summed E-state index contributed by atoms with van der Waals surface area (Å²) in [5.74, 6) is 0.658. The van der Waals surface area contributed by atoms with Crippen LogP contribution < -0.4 is 9.47 Å². The van der Waals surface area contributed by atoms with Crippen LogP contribution in [-0.4, -0.2) is 23.2 Å². The van der Waals surface area contributed by atoms with Crippen molar-refractivity contribution in [2.45, 2.75) is 20.0 Å². The van der Waals surface area contributed by atoms with Crippen molar-refractivity contribution in [1.29, 1.82) is 0 Å². The number of hydrogen-bond donors (Lipinski definition) is 0. The van der Waals surface area contributed by atoms with E-state index in [0.717, 1.165) is 0 Å². The molecule has 12 heavy (non-hydrogen) atoms. The maximum atomic E-state index is 5.33. The molecular weight excluding hydrogens is 156 g/mol. The van der Waals surface area contributed by atoms with Gasteiger partial charge in [0.2, 0.25) is 0 Å². The molecule has 0 amide bonds. The quantitative estimate of drug-likeness (QED) is 0.681. The minimum atomic E-state index is 0.141. The third-order valence-electron chi connectivity index (χ3n) is 1.16. The highest BCUT2D eigenvalue weighted by atomic mass is 16.5. The van der Waals surface area contributed by atoms with Crippen LogP contribution in [0, 0.1) is 0 Å². The molecule has 0 saturated carbocycles. The number of nitrogens with zero attached hydrogens (tertiary/aromatic N) is 2. The van der Waals surface area contributed by atoms with Gasteiger partial charge in [0.05, 0.1) is 25.6 Å². The molecule has 1 aromatic heterocycles. The first kappa shape index (κ1) is 8.77. The fourth-order valence-corrected chi connectivity index (χ4v) is 0.743. The predicted molar refractivity (Wildman–Crippen MR) is 44.3 cm³/mol. The lowest BCUT2D eigenvalue weighted by molar-refractivity contribution is 0.239. The molecule has 1 heterocycles. The predicted octanol–water partition coefficient (Wildman–Crippen LogP) is 1.27. The molecule has 0 N–H and O–H groups in total. The van der Waals surface area contributed by atoms with Gasteiger partial charge in [0.1, 0.15) is 0 Å². The summed E-state index contributed by atoms with van der Waals surface area (Å²) >= 11 is 0. The Morgan fingerprint density at radius 1 is 1.25 bits per heavy atom. The molecule has 0 radical (unpaired) electrons. The molecule has 0 aliphatic heterocycles. The lowest BCUT2D eigenvalue weighted by Crippen LogP contribution is -2.06. The summed E-state index contributed by atoms with van der Waals surface area (Å²) in [6.45, 7) is 3.90. The highest BCUT2D eigenvalue weighted by Gasteiger charge is 1.99. The second kappa shape index (κ2) is 3.90. The molecule has 0 bridgehead atoms. The monoisotopic (exact) mass is 168 g/mol. The Morgan fingerprint density at radius 3 is 2.25 bits per heavy atom. The number of hydrogen-bond acceptors (Lipinski definition) is 4. The molecule has 0 spiro atoms. The average Bonchev–Trinajstić information content (AvgIpc) is 2.05. The Balaban J connectivity index is 2.65. The van der Waals surface area contributed by atoms with Gasteiger partial charge in [0.15, 0.2) is 5.75 Å². The van der Waals surface area contributed by atoms with Gasteiger partial charge in [-0.05, 0) is 13.8 Å². The normalized spacial score (nSPS) is 10.0. The summed E-state index contributed by atoms with van der Waals surface area (Å²) in [5.41, 5.74) is 0. The molecule has 1 rings (SSSR count). The largest absolute Gasteiger partial charge is 0.488 e. The molecule has 66 valence electrons. The fraction of sp³-hybridized carbons (Fsp3) is 0.500. The van der Waals surface area contributed by atoms with Gasteiger partial charge in [0, 0.05) is 0 Å². The highest BCUT2D eigenvalue weighted by molar-refractivity contribution is 5.14. The zero-order valence-corrected chi connectivity index (χ0v) is 7.44. The van der Waals surface area contributed by atoms with Gasteiger partial charge in [-0.15, -0.1) is 0 Å². The van der Waals surface area contributed by atoms with Gasteiger partial charge in [-0.2, -0.15) is 9.97 Å². The van der Waals surface area contributed by atoms with Crippen LogP contribution in [0.3, 0.4) is 0 Å². The summed E-state index contributed by atoms with van der Waals surface area (Å²) in [5, 5.41) is 0. The minimum Gasteiger partial charge on any atom is -0.488 e. The molecule has 0 fully saturated rings. The Kier molecular flexibility index (Phi) is 2.85. The van der Waals surface area contributed by atoms with Crippen LogP contribution in [0.2, 0.25) is 0 Å². The molecule has 1 aromatic rings. The SMILES string of the molecule is COc1ncc(OC(C)C)cn1. The van der Waals surface area contributed by atoms with E-state index in [2.05, 4.69) is 9.97 Å². The molecule has 0 saturated heterocycles. The van der Waals surface area contributed by atoms with E-state index in [1.54, 1.807) is 12.4 Å². The van der Waals surface area contributed by atoms with Crippen LogP contribution in [0.25, 0.3) is 0 Å². The van der Waals surface area contributed by atoms with E-state index < -0.39 is 0 Å². The van der Waals surface area contributed by atoms with E-state index in [0.29, 0.717) is 11.8 Å². The van der Waals surface area contributed by atoms with Crippen molar-refractivity contribution in [2.75, 3.05) is 7.11 Å². The van der Waals surface area contributed by atoms with Crippen molar-refractivity contribution >= 4 is 0 Å². The van der Waals surface area contributed by atoms with Crippen LogP contribution in [0.15, 0.2) is 12.4 Å². The van der Waals surface area contributed by atoms with Gasteiger partial charge in [0.25, 0.3) is 0 Å². The summed E-state index contributed by atoms with van der Waals surface area (Å²) < 4.78 is 10.1. The number of ether oxygens (including phenoxy) is 2. The van der Waals surface area contributed by atoms with Gasteiger partial charge in [-0.3, -0.25) is 0 Å². The van der Waals surface area contributed by atoms with Gasteiger partial charge >= 0.3 is 6.01 Å². The van der Waals surface area contributed by atoms with E-state index in [1.165, 1.54) is 7.11 Å². The summed E-state index contributed by atoms with van der Waals surface area (Å²) in [6.07, 6.45) is 3.32. The average molecular weight is 168 g/mol. The van der Waals surface area contributed by atoms with Crippen molar-refractivity contribution < 1.29 is 9.47 Å². The topological polar surface area (TPSA) is 44.2 Å². The van der Waals surface area contributed by atoms with Crippen molar-refractivity contribution in [3.63, 3.8) is 0 Å². The third kappa shape index (κ3) is 2.38. The Hall–Kier alpha value is -1.32. The van der Waals surface area contributed by atoms with Crippen molar-refractivity contribution in [1.82, 2.24) is 9.97 Å². The maximum Gasteiger partial charge on any atom is 0.316 e. The lowest BCUT2D eigenvalue weighted by atomic mass is 10.5. The molecule has 0 aromatic carbocycles. The van der Waals surface area contributed by atoms with E-state index in [4.69, 9.17) is 9.47 Å². The van der Waals surface area contributed by atoms with Crippen molar-refractivity contribution in [3.05, 3.63) is 12.4 Å². The van der Waals surface area contributed by atoms with E-state index in [9.17, 15) is 0 Å². The van der Waals surface area contributed by atoms with E-state index in [-0.39, 0.29) is 6.10 Å². The molecule has 4 nitrogen and oxygen atoms in total. The van der Waals surface area contributed by atoms with Crippen molar-refractivity contribution in [2.24, 2.45) is 0 Å². The Morgan fingerprint density at radius 2 is 1.83 bits per heavy atom. The first-order chi connectivity index (χ1) is 5.72. The first-order valence-electron chi connectivity index (χ1n) is 3.75. The molecular formula is C8H12N2O2. The Labute approximate surface area is 71.6 Å². The molecule has 0 aliphatic carbocycles. The zero-order chi connectivity index (χ0) is 8.97. The van der Waals surface area contributed by atoms with Crippen molar-refractivity contribution in [3.8, 4) is 11.8 Å². The van der Waals surface area contributed by atoms with Crippen LogP contribution in [0.5, 0.6) is 11.8 Å². The molecule has 0 unspecified atom stereocenters. The summed E-state index contributed by atoms with van der Waals surface area (Å²) in [7, 11) is 1.53. The number of methoxy groups -OCH3 is 1. The second-order valence-electron chi connectivity index (χ2n) is 2.57. The highest BCUT2D eigenvalue weighted by Crippen LogP contribution is 2.10. The molecule has 0 atom stereocenters. The standard InChI is InChI=1S/C8H12N2O2/c1-6(2)12-7-4-9-8(11-3)10-5-7/h4-6H,1-3H3. The van der Waals surface area contributed by atoms with Gasteiger partial charge < -0.3 is 9.47 Å². The molecule has 4 heteroatoms. The zero-order valence-electron chi connectivity index (χ0n) is 7.44. The van der Waals surface area contributed by atoms with Crippen LogP contribution in [-0.2, 0) is 0 Å². The smallest absolute Gasteiger partial charge is 0.316 e. The fourth-order valence-electron chi connectivity index (χ4n) is 0.743. The van der Waals surface area contributed by atoms with Crippen LogP contribution >= 0.6 is 0 Å². The number of rotatable bonds is 3. The maximum absolute atomic E-state index is 5.33. The van der Waals surface area contributed by atoms with Gasteiger partial charge in [-0.1, -0.05) is 0 Å². The van der Waals surface area contributed by atoms with E-state index >= 15 is 0 Å². The first-order valence-corrected chi connectivity index (χ1v) is 3.75. The van der Waals surface area contributed by atoms with E-state index in [1.807, 2.05) is 13.8 Å². The minimum absolute atomic E-state index is 0.141. The third-order valence-corrected chi connectivity index (χ3v) is 1.16. The van der Waals surface area contributed by atoms with Gasteiger partial charge in [-0.25, -0.2) is 0 Å².